The Bertz CT molecular complexity index is 746. The Morgan fingerprint density at radius 3 is 2.38 bits per heavy atom. The number of halogens is 1. The molecule has 0 atom stereocenters. The lowest BCUT2D eigenvalue weighted by atomic mass is 10.1. The quantitative estimate of drug-likeness (QED) is 0.901. The standard InChI is InChI=1S/C15H17BrN2O2S/c1-11-14(16)8-12(10-17)9-15(11)21(19,20)18(2)13-6-4-3-5-7-13/h3-9H,10,17H2,1-2H3. The first-order valence-electron chi connectivity index (χ1n) is 6.41. The zero-order valence-corrected chi connectivity index (χ0v) is 14.3. The first kappa shape index (κ1) is 16.0. The molecule has 112 valence electrons. The summed E-state index contributed by atoms with van der Waals surface area (Å²) in [7, 11) is -2.08. The third-order valence-corrected chi connectivity index (χ3v) is 6.09. The fourth-order valence-electron chi connectivity index (χ4n) is 2.02. The number of benzene rings is 2. The Hall–Kier alpha value is -1.37. The highest BCUT2D eigenvalue weighted by Gasteiger charge is 2.24. The van der Waals surface area contributed by atoms with Gasteiger partial charge in [-0.2, -0.15) is 0 Å². The second kappa shape index (κ2) is 6.17. The number of anilines is 1. The lowest BCUT2D eigenvalue weighted by Gasteiger charge is -2.21. The summed E-state index contributed by atoms with van der Waals surface area (Å²) in [6.45, 7) is 2.06. The van der Waals surface area contributed by atoms with Gasteiger partial charge in [-0.05, 0) is 42.3 Å². The third-order valence-electron chi connectivity index (χ3n) is 3.35. The van der Waals surface area contributed by atoms with Crippen molar-refractivity contribution < 1.29 is 8.42 Å². The number of hydrogen-bond acceptors (Lipinski definition) is 3. The third kappa shape index (κ3) is 3.12. The largest absolute Gasteiger partial charge is 0.326 e. The second-order valence-electron chi connectivity index (χ2n) is 4.71. The van der Waals surface area contributed by atoms with Crippen molar-refractivity contribution in [3.63, 3.8) is 0 Å². The minimum absolute atomic E-state index is 0.267. The second-order valence-corrected chi connectivity index (χ2v) is 7.51. The van der Waals surface area contributed by atoms with Crippen molar-refractivity contribution in [1.82, 2.24) is 0 Å². The van der Waals surface area contributed by atoms with E-state index in [-0.39, 0.29) is 11.4 Å². The SMILES string of the molecule is Cc1c(Br)cc(CN)cc1S(=O)(=O)N(C)c1ccccc1. The minimum Gasteiger partial charge on any atom is -0.326 e. The van der Waals surface area contributed by atoms with E-state index < -0.39 is 10.0 Å². The van der Waals surface area contributed by atoms with Crippen molar-refractivity contribution >= 4 is 31.6 Å². The maximum absolute atomic E-state index is 12.8. The number of sulfonamides is 1. The van der Waals surface area contributed by atoms with E-state index in [0.717, 1.165) is 10.0 Å². The van der Waals surface area contributed by atoms with Gasteiger partial charge in [-0.25, -0.2) is 8.42 Å². The van der Waals surface area contributed by atoms with E-state index in [0.29, 0.717) is 11.3 Å². The first-order valence-corrected chi connectivity index (χ1v) is 8.64. The number of rotatable bonds is 4. The summed E-state index contributed by atoms with van der Waals surface area (Å²) in [5.74, 6) is 0. The summed E-state index contributed by atoms with van der Waals surface area (Å²) in [6.07, 6.45) is 0. The number of hydrogen-bond donors (Lipinski definition) is 1. The molecule has 0 amide bonds. The van der Waals surface area contributed by atoms with Crippen LogP contribution < -0.4 is 10.0 Å². The molecule has 0 saturated carbocycles. The molecule has 2 aromatic carbocycles. The molecule has 0 aliphatic rings. The lowest BCUT2D eigenvalue weighted by Crippen LogP contribution is -2.27. The van der Waals surface area contributed by atoms with E-state index in [1.54, 1.807) is 44.3 Å². The molecule has 0 unspecified atom stereocenters. The average Bonchev–Trinajstić information content (AvgIpc) is 2.49. The monoisotopic (exact) mass is 368 g/mol. The van der Waals surface area contributed by atoms with E-state index >= 15 is 0 Å². The normalized spacial score (nSPS) is 11.4. The van der Waals surface area contributed by atoms with Gasteiger partial charge < -0.3 is 5.73 Å². The molecule has 0 aliphatic carbocycles. The zero-order valence-electron chi connectivity index (χ0n) is 11.9. The predicted octanol–water partition coefficient (Wildman–Crippen LogP) is 3.04. The Morgan fingerprint density at radius 2 is 1.81 bits per heavy atom. The first-order chi connectivity index (χ1) is 9.87. The van der Waals surface area contributed by atoms with Crippen molar-refractivity contribution in [2.75, 3.05) is 11.4 Å². The summed E-state index contributed by atoms with van der Waals surface area (Å²) >= 11 is 3.40. The van der Waals surface area contributed by atoms with Crippen LogP contribution in [0.3, 0.4) is 0 Å². The maximum atomic E-state index is 12.8. The molecule has 0 fully saturated rings. The maximum Gasteiger partial charge on any atom is 0.264 e. The van der Waals surface area contributed by atoms with Gasteiger partial charge in [-0.3, -0.25) is 4.31 Å². The van der Waals surface area contributed by atoms with Crippen LogP contribution in [0.25, 0.3) is 0 Å². The molecule has 0 saturated heterocycles. The van der Waals surface area contributed by atoms with E-state index in [4.69, 9.17) is 5.73 Å². The molecule has 2 N–H and O–H groups in total. The zero-order chi connectivity index (χ0) is 15.6. The van der Waals surface area contributed by atoms with Crippen LogP contribution in [-0.2, 0) is 16.6 Å². The number of nitrogens with zero attached hydrogens (tertiary/aromatic N) is 1. The van der Waals surface area contributed by atoms with Crippen molar-refractivity contribution in [3.05, 3.63) is 58.1 Å². The van der Waals surface area contributed by atoms with Gasteiger partial charge in [0.2, 0.25) is 0 Å². The molecular weight excluding hydrogens is 352 g/mol. The van der Waals surface area contributed by atoms with Crippen molar-refractivity contribution in [1.29, 1.82) is 0 Å². The summed E-state index contributed by atoms with van der Waals surface area (Å²) in [5, 5.41) is 0. The summed E-state index contributed by atoms with van der Waals surface area (Å²) in [4.78, 5) is 0.267. The van der Waals surface area contributed by atoms with Crippen LogP contribution in [0.2, 0.25) is 0 Å². The molecular formula is C15H17BrN2O2S. The highest BCUT2D eigenvalue weighted by Crippen LogP contribution is 2.29. The van der Waals surface area contributed by atoms with Crippen LogP contribution >= 0.6 is 15.9 Å². The van der Waals surface area contributed by atoms with Gasteiger partial charge in [0.1, 0.15) is 0 Å². The number of para-hydroxylation sites is 1. The fourth-order valence-corrected chi connectivity index (χ4v) is 4.15. The van der Waals surface area contributed by atoms with Crippen molar-refractivity contribution in [2.45, 2.75) is 18.4 Å². The molecule has 4 nitrogen and oxygen atoms in total. The van der Waals surface area contributed by atoms with Crippen LogP contribution in [0, 0.1) is 6.92 Å². The Balaban J connectivity index is 2.57. The smallest absolute Gasteiger partial charge is 0.264 e. The topological polar surface area (TPSA) is 63.4 Å². The van der Waals surface area contributed by atoms with Crippen molar-refractivity contribution in [2.24, 2.45) is 5.73 Å². The molecule has 21 heavy (non-hydrogen) atoms. The van der Waals surface area contributed by atoms with Gasteiger partial charge in [0.25, 0.3) is 10.0 Å². The van der Waals surface area contributed by atoms with Gasteiger partial charge in [0, 0.05) is 18.1 Å². The van der Waals surface area contributed by atoms with Crippen LogP contribution in [-0.4, -0.2) is 15.5 Å². The van der Waals surface area contributed by atoms with E-state index in [9.17, 15) is 8.42 Å². The minimum atomic E-state index is -3.63. The molecule has 6 heteroatoms. The fraction of sp³-hybridized carbons (Fsp3) is 0.200. The molecule has 0 bridgehead atoms. The Morgan fingerprint density at radius 1 is 1.19 bits per heavy atom. The molecule has 0 aliphatic heterocycles. The highest BCUT2D eigenvalue weighted by molar-refractivity contribution is 9.10. The van der Waals surface area contributed by atoms with Crippen LogP contribution in [0.5, 0.6) is 0 Å². The summed E-state index contributed by atoms with van der Waals surface area (Å²) < 4.78 is 27.7. The number of nitrogens with two attached hydrogens (primary N) is 1. The Labute approximate surface area is 133 Å². The van der Waals surface area contributed by atoms with Crippen LogP contribution in [0.4, 0.5) is 5.69 Å². The molecule has 2 rings (SSSR count). The lowest BCUT2D eigenvalue weighted by molar-refractivity contribution is 0.593. The Kier molecular flexibility index (Phi) is 4.70. The van der Waals surface area contributed by atoms with E-state index in [1.807, 2.05) is 12.1 Å². The predicted molar refractivity (Wildman–Crippen MR) is 88.8 cm³/mol. The molecule has 0 radical (unpaired) electrons. The van der Waals surface area contributed by atoms with Gasteiger partial charge in [-0.15, -0.1) is 0 Å². The van der Waals surface area contributed by atoms with Crippen molar-refractivity contribution in [3.8, 4) is 0 Å². The summed E-state index contributed by atoms with van der Waals surface area (Å²) in [6, 6.07) is 12.5. The van der Waals surface area contributed by atoms with E-state index in [2.05, 4.69) is 15.9 Å². The summed E-state index contributed by atoms with van der Waals surface area (Å²) in [5.41, 5.74) is 7.70. The van der Waals surface area contributed by atoms with Gasteiger partial charge in [0.05, 0.1) is 10.6 Å². The van der Waals surface area contributed by atoms with Gasteiger partial charge in [0.15, 0.2) is 0 Å². The van der Waals surface area contributed by atoms with Gasteiger partial charge >= 0.3 is 0 Å². The molecule has 0 heterocycles. The molecule has 0 aromatic heterocycles. The van der Waals surface area contributed by atoms with Crippen LogP contribution in [0.1, 0.15) is 11.1 Å². The van der Waals surface area contributed by atoms with Crippen LogP contribution in [0.15, 0.2) is 51.8 Å². The molecule has 2 aromatic rings. The highest BCUT2D eigenvalue weighted by atomic mass is 79.9. The average molecular weight is 369 g/mol. The van der Waals surface area contributed by atoms with Gasteiger partial charge in [-0.1, -0.05) is 34.1 Å². The van der Waals surface area contributed by atoms with E-state index in [1.165, 1.54) is 4.31 Å². The molecule has 0 spiro atoms.